The molecule has 4 heteroatoms. The highest BCUT2D eigenvalue weighted by Gasteiger charge is 2.02. The van der Waals surface area contributed by atoms with Crippen LogP contribution < -0.4 is 11.1 Å². The second-order valence-electron chi connectivity index (χ2n) is 4.08. The zero-order chi connectivity index (χ0) is 12.2. The van der Waals surface area contributed by atoms with Crippen LogP contribution in [-0.4, -0.2) is 43.5 Å². The maximum atomic E-state index is 11.1. The van der Waals surface area contributed by atoms with Crippen molar-refractivity contribution in [2.75, 3.05) is 32.7 Å². The molecular formula is C12H27N3O. The van der Waals surface area contributed by atoms with E-state index in [1.54, 1.807) is 0 Å². The number of carbonyl (C=O) groups is 1. The highest BCUT2D eigenvalue weighted by atomic mass is 16.1. The van der Waals surface area contributed by atoms with Crippen LogP contribution in [0.2, 0.25) is 0 Å². The topological polar surface area (TPSA) is 58.4 Å². The van der Waals surface area contributed by atoms with Crippen molar-refractivity contribution in [1.82, 2.24) is 10.2 Å². The number of hydrogen-bond acceptors (Lipinski definition) is 3. The number of carbonyl (C=O) groups excluding carboxylic acids is 1. The average molecular weight is 229 g/mol. The normalized spacial score (nSPS) is 10.8. The Hall–Kier alpha value is -0.610. The molecule has 3 N–H and O–H groups in total. The fourth-order valence-corrected chi connectivity index (χ4v) is 1.72. The lowest BCUT2D eigenvalue weighted by Crippen LogP contribution is -2.31. The Labute approximate surface area is 99.6 Å². The van der Waals surface area contributed by atoms with Gasteiger partial charge in [0.25, 0.3) is 0 Å². The lowest BCUT2D eigenvalue weighted by atomic mass is 10.3. The lowest BCUT2D eigenvalue weighted by molar-refractivity contribution is -0.120. The molecule has 0 aromatic rings. The van der Waals surface area contributed by atoms with Crippen molar-refractivity contribution < 1.29 is 4.79 Å². The summed E-state index contributed by atoms with van der Waals surface area (Å²) in [4.78, 5) is 13.6. The van der Waals surface area contributed by atoms with Crippen molar-refractivity contribution in [3.05, 3.63) is 0 Å². The van der Waals surface area contributed by atoms with Crippen LogP contribution in [0.5, 0.6) is 0 Å². The number of amides is 1. The quantitative estimate of drug-likeness (QED) is 0.549. The van der Waals surface area contributed by atoms with Crippen LogP contribution >= 0.6 is 0 Å². The molecule has 1 amide bonds. The third-order valence-corrected chi connectivity index (χ3v) is 2.42. The summed E-state index contributed by atoms with van der Waals surface area (Å²) < 4.78 is 0. The zero-order valence-corrected chi connectivity index (χ0v) is 10.8. The molecule has 96 valence electrons. The van der Waals surface area contributed by atoms with E-state index in [1.165, 1.54) is 12.8 Å². The average Bonchev–Trinajstić information content (AvgIpc) is 2.25. The maximum Gasteiger partial charge on any atom is 0.221 e. The van der Waals surface area contributed by atoms with Crippen molar-refractivity contribution >= 4 is 5.91 Å². The van der Waals surface area contributed by atoms with E-state index in [0.29, 0.717) is 13.0 Å². The first kappa shape index (κ1) is 15.4. The van der Waals surface area contributed by atoms with Gasteiger partial charge in [-0.3, -0.25) is 4.79 Å². The Morgan fingerprint density at radius 2 is 1.81 bits per heavy atom. The molecule has 0 aromatic carbocycles. The number of rotatable bonds is 10. The summed E-state index contributed by atoms with van der Waals surface area (Å²) in [5, 5.41) is 2.88. The van der Waals surface area contributed by atoms with E-state index in [-0.39, 0.29) is 5.91 Å². The minimum Gasteiger partial charge on any atom is -0.356 e. The number of hydrogen-bond donors (Lipinski definition) is 2. The minimum atomic E-state index is 0.0695. The van der Waals surface area contributed by atoms with Gasteiger partial charge in [-0.05, 0) is 38.9 Å². The predicted molar refractivity (Wildman–Crippen MR) is 68.3 cm³/mol. The third-order valence-electron chi connectivity index (χ3n) is 2.42. The second-order valence-corrected chi connectivity index (χ2v) is 4.08. The van der Waals surface area contributed by atoms with Crippen LogP contribution in [0.4, 0.5) is 0 Å². The van der Waals surface area contributed by atoms with Crippen molar-refractivity contribution in [2.45, 2.75) is 39.5 Å². The van der Waals surface area contributed by atoms with Crippen LogP contribution in [0.25, 0.3) is 0 Å². The lowest BCUT2D eigenvalue weighted by Gasteiger charge is -2.20. The molecular weight excluding hydrogens is 202 g/mol. The Bertz CT molecular complexity index is 168. The molecule has 0 aromatic heterocycles. The van der Waals surface area contributed by atoms with Crippen molar-refractivity contribution in [1.29, 1.82) is 0 Å². The van der Waals surface area contributed by atoms with Crippen LogP contribution in [0.15, 0.2) is 0 Å². The smallest absolute Gasteiger partial charge is 0.221 e. The first-order chi connectivity index (χ1) is 7.74. The van der Waals surface area contributed by atoms with Crippen molar-refractivity contribution in [2.24, 2.45) is 5.73 Å². The van der Waals surface area contributed by atoms with E-state index in [0.717, 1.165) is 32.6 Å². The molecule has 0 heterocycles. The highest BCUT2D eigenvalue weighted by molar-refractivity contribution is 5.75. The SMILES string of the molecule is CCCN(CCC)CCCNC(=O)CCN. The minimum absolute atomic E-state index is 0.0695. The summed E-state index contributed by atoms with van der Waals surface area (Å²) in [6, 6.07) is 0. The molecule has 0 radical (unpaired) electrons. The summed E-state index contributed by atoms with van der Waals surface area (Å²) in [5.41, 5.74) is 5.29. The molecule has 0 bridgehead atoms. The fourth-order valence-electron chi connectivity index (χ4n) is 1.72. The fraction of sp³-hybridized carbons (Fsp3) is 0.917. The van der Waals surface area contributed by atoms with E-state index in [4.69, 9.17) is 5.73 Å². The van der Waals surface area contributed by atoms with Gasteiger partial charge in [-0.15, -0.1) is 0 Å². The molecule has 0 aliphatic heterocycles. The Morgan fingerprint density at radius 1 is 1.19 bits per heavy atom. The summed E-state index contributed by atoms with van der Waals surface area (Å²) >= 11 is 0. The molecule has 0 fully saturated rings. The van der Waals surface area contributed by atoms with Gasteiger partial charge in [0.05, 0.1) is 0 Å². The van der Waals surface area contributed by atoms with Gasteiger partial charge < -0.3 is 16.0 Å². The first-order valence-corrected chi connectivity index (χ1v) is 6.43. The molecule has 4 nitrogen and oxygen atoms in total. The van der Waals surface area contributed by atoms with Crippen molar-refractivity contribution in [3.63, 3.8) is 0 Å². The standard InChI is InChI=1S/C12H27N3O/c1-3-9-15(10-4-2)11-5-8-14-12(16)6-7-13/h3-11,13H2,1-2H3,(H,14,16). The Kier molecular flexibility index (Phi) is 10.5. The van der Waals surface area contributed by atoms with E-state index in [9.17, 15) is 4.79 Å². The van der Waals surface area contributed by atoms with Gasteiger partial charge in [0.2, 0.25) is 5.91 Å². The predicted octanol–water partition coefficient (Wildman–Crippen LogP) is 0.964. The van der Waals surface area contributed by atoms with Crippen molar-refractivity contribution in [3.8, 4) is 0 Å². The number of nitrogens with two attached hydrogens (primary N) is 1. The molecule has 0 atom stereocenters. The van der Waals surface area contributed by atoms with Gasteiger partial charge in [-0.1, -0.05) is 13.8 Å². The number of nitrogens with one attached hydrogen (secondary N) is 1. The molecule has 0 saturated heterocycles. The number of nitrogens with zero attached hydrogens (tertiary/aromatic N) is 1. The molecule has 16 heavy (non-hydrogen) atoms. The van der Waals surface area contributed by atoms with Crippen LogP contribution in [0.3, 0.4) is 0 Å². The molecule has 0 unspecified atom stereocenters. The zero-order valence-electron chi connectivity index (χ0n) is 10.8. The van der Waals surface area contributed by atoms with Gasteiger partial charge in [0.15, 0.2) is 0 Å². The Balaban J connectivity index is 3.49. The summed E-state index contributed by atoms with van der Waals surface area (Å²) in [5.74, 6) is 0.0695. The van der Waals surface area contributed by atoms with E-state index < -0.39 is 0 Å². The highest BCUT2D eigenvalue weighted by Crippen LogP contribution is 1.95. The molecule has 0 aliphatic carbocycles. The van der Waals surface area contributed by atoms with Gasteiger partial charge in [-0.25, -0.2) is 0 Å². The van der Waals surface area contributed by atoms with Crippen LogP contribution in [0.1, 0.15) is 39.5 Å². The third kappa shape index (κ3) is 8.68. The van der Waals surface area contributed by atoms with E-state index in [2.05, 4.69) is 24.1 Å². The van der Waals surface area contributed by atoms with E-state index in [1.807, 2.05) is 0 Å². The molecule has 0 rings (SSSR count). The molecule has 0 aliphatic rings. The summed E-state index contributed by atoms with van der Waals surface area (Å²) in [6.45, 7) is 8.99. The second kappa shape index (κ2) is 10.9. The largest absolute Gasteiger partial charge is 0.356 e. The van der Waals surface area contributed by atoms with E-state index >= 15 is 0 Å². The van der Waals surface area contributed by atoms with Crippen LogP contribution in [0, 0.1) is 0 Å². The van der Waals surface area contributed by atoms with Gasteiger partial charge in [0, 0.05) is 19.5 Å². The van der Waals surface area contributed by atoms with Gasteiger partial charge >= 0.3 is 0 Å². The molecule has 0 saturated carbocycles. The van der Waals surface area contributed by atoms with Gasteiger partial charge in [-0.2, -0.15) is 0 Å². The Morgan fingerprint density at radius 3 is 2.31 bits per heavy atom. The van der Waals surface area contributed by atoms with Gasteiger partial charge in [0.1, 0.15) is 0 Å². The monoisotopic (exact) mass is 229 g/mol. The summed E-state index contributed by atoms with van der Waals surface area (Å²) in [7, 11) is 0. The summed E-state index contributed by atoms with van der Waals surface area (Å²) in [6.07, 6.45) is 3.85. The first-order valence-electron chi connectivity index (χ1n) is 6.43. The molecule has 0 spiro atoms. The van der Waals surface area contributed by atoms with Crippen LogP contribution in [-0.2, 0) is 4.79 Å². The maximum absolute atomic E-state index is 11.1.